The number of anilines is 1. The zero-order valence-electron chi connectivity index (χ0n) is 11.9. The van der Waals surface area contributed by atoms with E-state index in [0.29, 0.717) is 6.04 Å². The molecule has 2 nitrogen and oxygen atoms in total. The van der Waals surface area contributed by atoms with Crippen molar-refractivity contribution in [3.05, 3.63) is 24.3 Å². The maximum absolute atomic E-state index is 6.13. The molecule has 1 heterocycles. The first-order valence-electron chi connectivity index (χ1n) is 6.44. The lowest BCUT2D eigenvalue weighted by Crippen LogP contribution is -2.38. The highest BCUT2D eigenvalue weighted by molar-refractivity contribution is 7.98. The Morgan fingerprint density at radius 2 is 1.89 bits per heavy atom. The van der Waals surface area contributed by atoms with Crippen LogP contribution in [0.5, 0.6) is 0 Å². The predicted molar refractivity (Wildman–Crippen MR) is 79.5 cm³/mol. The highest BCUT2D eigenvalue weighted by Crippen LogP contribution is 2.39. The molecular formula is C15H23NOS. The predicted octanol–water partition coefficient (Wildman–Crippen LogP) is 4.17. The van der Waals surface area contributed by atoms with Crippen molar-refractivity contribution in [2.75, 3.05) is 11.6 Å². The fourth-order valence-corrected chi connectivity index (χ4v) is 3.30. The van der Waals surface area contributed by atoms with Gasteiger partial charge in [0, 0.05) is 10.6 Å². The molecule has 18 heavy (non-hydrogen) atoms. The highest BCUT2D eigenvalue weighted by atomic mass is 32.2. The Bertz CT molecular complexity index is 428. The Morgan fingerprint density at radius 1 is 1.22 bits per heavy atom. The molecule has 1 N–H and O–H groups in total. The summed E-state index contributed by atoms with van der Waals surface area (Å²) < 4.78 is 6.13. The molecule has 0 amide bonds. The van der Waals surface area contributed by atoms with E-state index in [1.165, 1.54) is 10.6 Å². The van der Waals surface area contributed by atoms with Crippen LogP contribution in [0.15, 0.2) is 29.2 Å². The number of ether oxygens (including phenoxy) is 1. The molecular weight excluding hydrogens is 242 g/mol. The molecule has 1 aliphatic rings. The molecule has 0 spiro atoms. The second-order valence-corrected chi connectivity index (χ2v) is 6.91. The van der Waals surface area contributed by atoms with Crippen LogP contribution in [0.1, 0.15) is 34.1 Å². The quantitative estimate of drug-likeness (QED) is 0.829. The standard InChI is InChI=1S/C15H23NOS/c1-14(2)10-13(15(3,4)17-14)16-11-8-6-7-9-12(11)18-5/h6-9,13,16H,10H2,1-5H3. The third kappa shape index (κ3) is 2.83. The Kier molecular flexibility index (Phi) is 3.65. The van der Waals surface area contributed by atoms with E-state index in [9.17, 15) is 0 Å². The Hall–Kier alpha value is -0.670. The minimum atomic E-state index is -0.130. The minimum Gasteiger partial charge on any atom is -0.378 e. The van der Waals surface area contributed by atoms with Gasteiger partial charge in [0.05, 0.1) is 17.2 Å². The third-order valence-corrected chi connectivity index (χ3v) is 4.31. The van der Waals surface area contributed by atoms with E-state index in [-0.39, 0.29) is 11.2 Å². The molecule has 1 aromatic carbocycles. The Labute approximate surface area is 114 Å². The summed E-state index contributed by atoms with van der Waals surface area (Å²) in [6.07, 6.45) is 3.14. The van der Waals surface area contributed by atoms with Crippen LogP contribution in [0.4, 0.5) is 5.69 Å². The topological polar surface area (TPSA) is 21.3 Å². The van der Waals surface area contributed by atoms with Gasteiger partial charge in [-0.25, -0.2) is 0 Å². The monoisotopic (exact) mass is 265 g/mol. The van der Waals surface area contributed by atoms with Crippen LogP contribution in [0.2, 0.25) is 0 Å². The third-order valence-electron chi connectivity index (χ3n) is 3.51. The fourth-order valence-electron chi connectivity index (χ4n) is 2.74. The Morgan fingerprint density at radius 3 is 2.44 bits per heavy atom. The number of hydrogen-bond acceptors (Lipinski definition) is 3. The van der Waals surface area contributed by atoms with Gasteiger partial charge < -0.3 is 10.1 Å². The molecule has 3 heteroatoms. The van der Waals surface area contributed by atoms with Gasteiger partial charge in [-0.2, -0.15) is 0 Å². The van der Waals surface area contributed by atoms with Crippen molar-refractivity contribution in [2.45, 2.75) is 56.3 Å². The molecule has 0 bridgehead atoms. The summed E-state index contributed by atoms with van der Waals surface area (Å²) >= 11 is 1.78. The van der Waals surface area contributed by atoms with E-state index >= 15 is 0 Å². The minimum absolute atomic E-state index is 0.0462. The largest absolute Gasteiger partial charge is 0.378 e. The van der Waals surface area contributed by atoms with Crippen molar-refractivity contribution < 1.29 is 4.74 Å². The number of thioether (sulfide) groups is 1. The first-order chi connectivity index (χ1) is 8.34. The van der Waals surface area contributed by atoms with E-state index in [0.717, 1.165) is 6.42 Å². The van der Waals surface area contributed by atoms with Gasteiger partial charge in [0.2, 0.25) is 0 Å². The van der Waals surface area contributed by atoms with E-state index < -0.39 is 0 Å². The van der Waals surface area contributed by atoms with Gasteiger partial charge in [-0.3, -0.25) is 0 Å². The van der Waals surface area contributed by atoms with Crippen LogP contribution < -0.4 is 5.32 Å². The van der Waals surface area contributed by atoms with Crippen molar-refractivity contribution in [1.82, 2.24) is 0 Å². The van der Waals surface area contributed by atoms with Crippen molar-refractivity contribution >= 4 is 17.4 Å². The number of rotatable bonds is 3. The number of hydrogen-bond donors (Lipinski definition) is 1. The molecule has 1 atom stereocenters. The van der Waals surface area contributed by atoms with E-state index in [1.54, 1.807) is 11.8 Å². The molecule has 0 radical (unpaired) electrons. The first kappa shape index (κ1) is 13.8. The maximum atomic E-state index is 6.13. The Balaban J connectivity index is 2.19. The summed E-state index contributed by atoms with van der Waals surface area (Å²) in [7, 11) is 0. The average molecular weight is 265 g/mol. The average Bonchev–Trinajstić information content (AvgIpc) is 2.47. The van der Waals surface area contributed by atoms with E-state index in [2.05, 4.69) is 63.5 Å². The lowest BCUT2D eigenvalue weighted by molar-refractivity contribution is -0.0662. The first-order valence-corrected chi connectivity index (χ1v) is 7.66. The molecule has 1 unspecified atom stereocenters. The fraction of sp³-hybridized carbons (Fsp3) is 0.600. The lowest BCUT2D eigenvalue weighted by Gasteiger charge is -2.28. The number of nitrogens with one attached hydrogen (secondary N) is 1. The second-order valence-electron chi connectivity index (χ2n) is 6.07. The van der Waals surface area contributed by atoms with Crippen LogP contribution in [-0.2, 0) is 4.74 Å². The van der Waals surface area contributed by atoms with E-state index in [1.807, 2.05) is 0 Å². The summed E-state index contributed by atoms with van der Waals surface area (Å²) in [5, 5.41) is 3.66. The van der Waals surface area contributed by atoms with Gasteiger partial charge in [-0.05, 0) is 52.5 Å². The van der Waals surface area contributed by atoms with Gasteiger partial charge in [-0.1, -0.05) is 12.1 Å². The molecule has 0 saturated carbocycles. The molecule has 1 aromatic rings. The van der Waals surface area contributed by atoms with Gasteiger partial charge in [0.25, 0.3) is 0 Å². The van der Waals surface area contributed by atoms with Crippen molar-refractivity contribution in [3.8, 4) is 0 Å². The van der Waals surface area contributed by atoms with Crippen LogP contribution in [0, 0.1) is 0 Å². The molecule has 1 aliphatic heterocycles. The van der Waals surface area contributed by atoms with Gasteiger partial charge >= 0.3 is 0 Å². The van der Waals surface area contributed by atoms with E-state index in [4.69, 9.17) is 4.74 Å². The molecule has 0 aromatic heterocycles. The van der Waals surface area contributed by atoms with Gasteiger partial charge in [0.1, 0.15) is 0 Å². The van der Waals surface area contributed by atoms with Crippen molar-refractivity contribution in [1.29, 1.82) is 0 Å². The summed E-state index contributed by atoms with van der Waals surface area (Å²) in [4.78, 5) is 1.29. The normalized spacial score (nSPS) is 25.1. The van der Waals surface area contributed by atoms with Gasteiger partial charge in [-0.15, -0.1) is 11.8 Å². The zero-order valence-corrected chi connectivity index (χ0v) is 12.7. The summed E-state index contributed by atoms with van der Waals surface area (Å²) in [5.41, 5.74) is 1.04. The second kappa shape index (κ2) is 4.78. The van der Waals surface area contributed by atoms with Crippen molar-refractivity contribution in [2.24, 2.45) is 0 Å². The van der Waals surface area contributed by atoms with Crippen LogP contribution in [0.3, 0.4) is 0 Å². The van der Waals surface area contributed by atoms with Crippen LogP contribution in [0.25, 0.3) is 0 Å². The molecule has 2 rings (SSSR count). The summed E-state index contributed by atoms with van der Waals surface area (Å²) in [6, 6.07) is 8.81. The number of para-hydroxylation sites is 1. The maximum Gasteiger partial charge on any atom is 0.0834 e. The molecule has 1 saturated heterocycles. The smallest absolute Gasteiger partial charge is 0.0834 e. The molecule has 1 fully saturated rings. The van der Waals surface area contributed by atoms with Gasteiger partial charge in [0.15, 0.2) is 0 Å². The van der Waals surface area contributed by atoms with Crippen molar-refractivity contribution in [3.63, 3.8) is 0 Å². The summed E-state index contributed by atoms with van der Waals surface area (Å²) in [6.45, 7) is 8.66. The highest BCUT2D eigenvalue weighted by Gasteiger charge is 2.45. The SMILES string of the molecule is CSc1ccccc1NC1CC(C)(C)OC1(C)C. The van der Waals surface area contributed by atoms with Crippen LogP contribution >= 0.6 is 11.8 Å². The lowest BCUT2D eigenvalue weighted by atomic mass is 9.94. The number of benzene rings is 1. The molecule has 0 aliphatic carbocycles. The zero-order chi connectivity index (χ0) is 13.4. The van der Waals surface area contributed by atoms with Crippen LogP contribution in [-0.4, -0.2) is 23.5 Å². The molecule has 100 valence electrons. The summed E-state index contributed by atoms with van der Waals surface area (Å²) in [5.74, 6) is 0.